The molecular weight excluding hydrogens is 308 g/mol. The molecule has 2 aromatic carbocycles. The van der Waals surface area contributed by atoms with Crippen molar-refractivity contribution in [3.05, 3.63) is 58.7 Å². The Labute approximate surface area is 140 Å². The van der Waals surface area contributed by atoms with Crippen LogP contribution in [0.25, 0.3) is 10.9 Å². The Balaban J connectivity index is 1.93. The number of hydrogen-bond donors (Lipinski definition) is 1. The zero-order valence-corrected chi connectivity index (χ0v) is 13.7. The number of ether oxygens (including phenoxy) is 1. The minimum Gasteiger partial charge on any atom is -0.495 e. The van der Waals surface area contributed by atoms with Gasteiger partial charge in [0.1, 0.15) is 5.75 Å². The van der Waals surface area contributed by atoms with Crippen LogP contribution in [0.4, 0.5) is 11.4 Å². The van der Waals surface area contributed by atoms with E-state index in [4.69, 9.17) is 21.3 Å². The number of nitrogens with one attached hydrogen (secondary N) is 1. The van der Waals surface area contributed by atoms with Crippen molar-refractivity contribution >= 4 is 33.9 Å². The topological polar surface area (TPSA) is 34.1 Å². The van der Waals surface area contributed by atoms with Gasteiger partial charge in [-0.2, -0.15) is 0 Å². The second kappa shape index (κ2) is 5.74. The van der Waals surface area contributed by atoms with Crippen molar-refractivity contribution in [1.29, 1.82) is 0 Å². The van der Waals surface area contributed by atoms with Gasteiger partial charge in [0.05, 0.1) is 24.0 Å². The lowest BCUT2D eigenvalue weighted by Crippen LogP contribution is -2.01. The predicted molar refractivity (Wildman–Crippen MR) is 95.1 cm³/mol. The summed E-state index contributed by atoms with van der Waals surface area (Å²) in [6, 6.07) is 13.8. The highest BCUT2D eigenvalue weighted by Gasteiger charge is 2.20. The second-order valence-electron chi connectivity index (χ2n) is 5.75. The minimum absolute atomic E-state index is 0.723. The van der Waals surface area contributed by atoms with Crippen LogP contribution in [0.3, 0.4) is 0 Å². The van der Waals surface area contributed by atoms with Crippen LogP contribution >= 0.6 is 11.6 Å². The lowest BCUT2D eigenvalue weighted by atomic mass is 10.1. The molecule has 1 aliphatic rings. The van der Waals surface area contributed by atoms with Crippen molar-refractivity contribution < 1.29 is 4.74 Å². The van der Waals surface area contributed by atoms with Gasteiger partial charge in [0.25, 0.3) is 0 Å². The van der Waals surface area contributed by atoms with Gasteiger partial charge >= 0.3 is 0 Å². The number of nitrogens with zero attached hydrogens (tertiary/aromatic N) is 1. The first-order valence-electron chi connectivity index (χ1n) is 7.77. The Hall–Kier alpha value is -2.26. The molecule has 0 spiro atoms. The summed E-state index contributed by atoms with van der Waals surface area (Å²) in [7, 11) is 1.69. The summed E-state index contributed by atoms with van der Waals surface area (Å²) in [4.78, 5) is 4.81. The Bertz CT molecular complexity index is 892. The van der Waals surface area contributed by atoms with Crippen LogP contribution < -0.4 is 10.1 Å². The van der Waals surface area contributed by atoms with E-state index in [1.54, 1.807) is 7.11 Å². The summed E-state index contributed by atoms with van der Waals surface area (Å²) in [5, 5.41) is 5.35. The number of rotatable bonds is 3. The summed E-state index contributed by atoms with van der Waals surface area (Å²) in [6.07, 6.45) is 3.23. The van der Waals surface area contributed by atoms with Crippen LogP contribution in [0.15, 0.2) is 42.5 Å². The van der Waals surface area contributed by atoms with Crippen LogP contribution in [0.5, 0.6) is 5.75 Å². The molecule has 4 heteroatoms. The van der Waals surface area contributed by atoms with Gasteiger partial charge in [0, 0.05) is 16.1 Å². The standard InChI is InChI=1S/C19H17ClN2O/c1-23-18-8-3-2-6-17(18)22-19-13-5-4-7-15(13)21-16-10-9-12(20)11-14(16)19/h2-3,6,8-11H,4-5,7H2,1H3,(H,21,22). The van der Waals surface area contributed by atoms with E-state index in [9.17, 15) is 0 Å². The number of aryl methyl sites for hydroxylation is 1. The summed E-state index contributed by atoms with van der Waals surface area (Å²) < 4.78 is 5.47. The van der Waals surface area contributed by atoms with Crippen molar-refractivity contribution in [3.63, 3.8) is 0 Å². The number of halogens is 1. The molecule has 0 fully saturated rings. The maximum Gasteiger partial charge on any atom is 0.142 e. The molecule has 0 radical (unpaired) electrons. The van der Waals surface area contributed by atoms with Crippen LogP contribution in [-0.2, 0) is 12.8 Å². The smallest absolute Gasteiger partial charge is 0.142 e. The molecule has 0 saturated carbocycles. The van der Waals surface area contributed by atoms with Gasteiger partial charge < -0.3 is 10.1 Å². The number of methoxy groups -OCH3 is 1. The van der Waals surface area contributed by atoms with Gasteiger partial charge in [0.15, 0.2) is 0 Å². The van der Waals surface area contributed by atoms with Gasteiger partial charge in [-0.25, -0.2) is 0 Å². The van der Waals surface area contributed by atoms with E-state index < -0.39 is 0 Å². The quantitative estimate of drug-likeness (QED) is 0.725. The Morgan fingerprint density at radius 2 is 2.00 bits per heavy atom. The fourth-order valence-electron chi connectivity index (χ4n) is 3.26. The zero-order valence-electron chi connectivity index (χ0n) is 12.9. The molecule has 4 rings (SSSR count). The third kappa shape index (κ3) is 2.51. The number of aromatic nitrogens is 1. The maximum absolute atomic E-state index is 6.22. The van der Waals surface area contributed by atoms with Gasteiger partial charge in [-0.1, -0.05) is 23.7 Å². The van der Waals surface area contributed by atoms with E-state index in [1.165, 1.54) is 11.3 Å². The Kier molecular flexibility index (Phi) is 3.58. The summed E-state index contributed by atoms with van der Waals surface area (Å²) >= 11 is 6.22. The first kappa shape index (κ1) is 14.3. The van der Waals surface area contributed by atoms with Crippen LogP contribution in [0.1, 0.15) is 17.7 Å². The predicted octanol–water partition coefficient (Wildman–Crippen LogP) is 5.13. The van der Waals surface area contributed by atoms with Crippen molar-refractivity contribution in [2.24, 2.45) is 0 Å². The first-order chi connectivity index (χ1) is 11.3. The van der Waals surface area contributed by atoms with Gasteiger partial charge in [-0.05, 0) is 55.2 Å². The fourth-order valence-corrected chi connectivity index (χ4v) is 3.43. The Morgan fingerprint density at radius 1 is 1.13 bits per heavy atom. The molecule has 0 amide bonds. The first-order valence-corrected chi connectivity index (χ1v) is 8.15. The highest BCUT2D eigenvalue weighted by molar-refractivity contribution is 6.31. The zero-order chi connectivity index (χ0) is 15.8. The third-order valence-corrected chi connectivity index (χ3v) is 4.58. The number of benzene rings is 2. The average Bonchev–Trinajstić information content (AvgIpc) is 3.04. The highest BCUT2D eigenvalue weighted by Crippen LogP contribution is 2.38. The summed E-state index contributed by atoms with van der Waals surface area (Å²) in [6.45, 7) is 0. The van der Waals surface area contributed by atoms with Crippen LogP contribution in [0.2, 0.25) is 5.02 Å². The molecular formula is C19H17ClN2O. The van der Waals surface area contributed by atoms with Gasteiger partial charge in [-0.3, -0.25) is 4.98 Å². The van der Waals surface area contributed by atoms with E-state index in [1.807, 2.05) is 42.5 Å². The number of fused-ring (bicyclic) bond motifs is 2. The number of hydrogen-bond acceptors (Lipinski definition) is 3. The molecule has 0 bridgehead atoms. The summed E-state index contributed by atoms with van der Waals surface area (Å²) in [5.74, 6) is 0.825. The molecule has 0 atom stereocenters. The second-order valence-corrected chi connectivity index (χ2v) is 6.19. The monoisotopic (exact) mass is 324 g/mol. The summed E-state index contributed by atoms with van der Waals surface area (Å²) in [5.41, 5.74) is 5.53. The van der Waals surface area contributed by atoms with E-state index in [0.29, 0.717) is 0 Å². The average molecular weight is 325 g/mol. The van der Waals surface area contributed by atoms with E-state index in [2.05, 4.69) is 5.32 Å². The molecule has 1 N–H and O–H groups in total. The number of anilines is 2. The molecule has 0 aliphatic heterocycles. The molecule has 1 aromatic heterocycles. The van der Waals surface area contributed by atoms with Crippen molar-refractivity contribution in [2.45, 2.75) is 19.3 Å². The third-order valence-electron chi connectivity index (χ3n) is 4.34. The molecule has 1 heterocycles. The number of pyridine rings is 1. The van der Waals surface area contributed by atoms with Crippen LogP contribution in [-0.4, -0.2) is 12.1 Å². The Morgan fingerprint density at radius 3 is 2.87 bits per heavy atom. The van der Waals surface area contributed by atoms with E-state index in [-0.39, 0.29) is 0 Å². The highest BCUT2D eigenvalue weighted by atomic mass is 35.5. The van der Waals surface area contributed by atoms with Crippen LogP contribution in [0, 0.1) is 0 Å². The van der Waals surface area contributed by atoms with Crippen molar-refractivity contribution in [3.8, 4) is 5.75 Å². The molecule has 116 valence electrons. The largest absolute Gasteiger partial charge is 0.495 e. The SMILES string of the molecule is COc1ccccc1Nc1c2c(nc3ccc(Cl)cc13)CCC2. The fraction of sp³-hybridized carbons (Fsp3) is 0.211. The molecule has 3 aromatic rings. The number of para-hydroxylation sites is 2. The molecule has 23 heavy (non-hydrogen) atoms. The minimum atomic E-state index is 0.723. The van der Waals surface area contributed by atoms with Gasteiger partial charge in [0.2, 0.25) is 0 Å². The lowest BCUT2D eigenvalue weighted by molar-refractivity contribution is 0.417. The van der Waals surface area contributed by atoms with E-state index >= 15 is 0 Å². The maximum atomic E-state index is 6.22. The normalized spacial score (nSPS) is 13.1. The van der Waals surface area contributed by atoms with E-state index in [0.717, 1.165) is 52.3 Å². The van der Waals surface area contributed by atoms with Crippen molar-refractivity contribution in [1.82, 2.24) is 4.98 Å². The van der Waals surface area contributed by atoms with Crippen molar-refractivity contribution in [2.75, 3.05) is 12.4 Å². The molecule has 0 unspecified atom stereocenters. The van der Waals surface area contributed by atoms with Gasteiger partial charge in [-0.15, -0.1) is 0 Å². The lowest BCUT2D eigenvalue weighted by Gasteiger charge is -2.16. The molecule has 1 aliphatic carbocycles. The molecule has 0 saturated heterocycles. The molecule has 3 nitrogen and oxygen atoms in total.